The molecule has 0 saturated heterocycles. The molecule has 2 amide bonds. The van der Waals surface area contributed by atoms with Crippen molar-refractivity contribution < 1.29 is 22.7 Å². The van der Waals surface area contributed by atoms with Crippen molar-refractivity contribution >= 4 is 27.5 Å². The van der Waals surface area contributed by atoms with Gasteiger partial charge in [-0.25, -0.2) is 8.42 Å². The zero-order valence-electron chi connectivity index (χ0n) is 17.2. The Kier molecular flexibility index (Phi) is 6.48. The van der Waals surface area contributed by atoms with Crippen LogP contribution in [0.5, 0.6) is 5.75 Å². The molecule has 0 aromatic heterocycles. The molecule has 0 radical (unpaired) electrons. The van der Waals surface area contributed by atoms with Gasteiger partial charge in [0.15, 0.2) is 6.10 Å². The predicted octanol–water partition coefficient (Wildman–Crippen LogP) is 2.17. The number of carbonyl (C=O) groups is 2. The number of nitrogens with one attached hydrogen (secondary N) is 2. The second-order valence-corrected chi connectivity index (χ2v) is 9.79. The van der Waals surface area contributed by atoms with Crippen LogP contribution in [-0.2, 0) is 19.6 Å². The molecule has 29 heavy (non-hydrogen) atoms. The Balaban J connectivity index is 1.76. The SMILES string of the molecule is CC[C@H]1Oc2cc(S(=O)(=O)N(C)CC(=O)NC3CCCCC3)c(C)cc2NC1=O. The number of carbonyl (C=O) groups excluding carboxylic acids is 2. The van der Waals surface area contributed by atoms with Crippen molar-refractivity contribution in [2.75, 3.05) is 18.9 Å². The molecule has 1 fully saturated rings. The molecule has 8 nitrogen and oxygen atoms in total. The zero-order valence-corrected chi connectivity index (χ0v) is 18.0. The van der Waals surface area contributed by atoms with Crippen LogP contribution in [0.15, 0.2) is 17.0 Å². The van der Waals surface area contributed by atoms with Crippen LogP contribution >= 0.6 is 0 Å². The lowest BCUT2D eigenvalue weighted by Crippen LogP contribution is -2.43. The van der Waals surface area contributed by atoms with Gasteiger partial charge in [-0.2, -0.15) is 4.31 Å². The smallest absolute Gasteiger partial charge is 0.265 e. The number of aryl methyl sites for hydroxylation is 1. The van der Waals surface area contributed by atoms with Gasteiger partial charge >= 0.3 is 0 Å². The van der Waals surface area contributed by atoms with Gasteiger partial charge in [-0.15, -0.1) is 0 Å². The van der Waals surface area contributed by atoms with Crippen LogP contribution in [0.25, 0.3) is 0 Å². The first kappa shape index (κ1) is 21.6. The van der Waals surface area contributed by atoms with Crippen LogP contribution in [0.3, 0.4) is 0 Å². The lowest BCUT2D eigenvalue weighted by Gasteiger charge is -2.27. The van der Waals surface area contributed by atoms with E-state index in [-0.39, 0.29) is 29.3 Å². The average Bonchev–Trinajstić information content (AvgIpc) is 2.67. The summed E-state index contributed by atoms with van der Waals surface area (Å²) >= 11 is 0. The lowest BCUT2D eigenvalue weighted by molar-refractivity contribution is -0.123. The topological polar surface area (TPSA) is 105 Å². The number of hydrogen-bond acceptors (Lipinski definition) is 5. The first-order chi connectivity index (χ1) is 13.7. The summed E-state index contributed by atoms with van der Waals surface area (Å²) in [6, 6.07) is 3.14. The predicted molar refractivity (Wildman–Crippen MR) is 109 cm³/mol. The van der Waals surface area contributed by atoms with E-state index >= 15 is 0 Å². The maximum absolute atomic E-state index is 13.1. The van der Waals surface area contributed by atoms with Gasteiger partial charge < -0.3 is 15.4 Å². The van der Waals surface area contributed by atoms with Gasteiger partial charge in [0.1, 0.15) is 5.75 Å². The first-order valence-corrected chi connectivity index (χ1v) is 11.5. The number of ether oxygens (including phenoxy) is 1. The van der Waals surface area contributed by atoms with Gasteiger partial charge in [-0.1, -0.05) is 26.2 Å². The van der Waals surface area contributed by atoms with E-state index in [1.807, 2.05) is 6.92 Å². The monoisotopic (exact) mass is 423 g/mol. The van der Waals surface area contributed by atoms with E-state index in [2.05, 4.69) is 10.6 Å². The third kappa shape index (κ3) is 4.72. The van der Waals surface area contributed by atoms with Crippen molar-refractivity contribution in [3.63, 3.8) is 0 Å². The molecule has 1 saturated carbocycles. The molecule has 2 aliphatic rings. The van der Waals surface area contributed by atoms with Crippen molar-refractivity contribution in [1.29, 1.82) is 0 Å². The summed E-state index contributed by atoms with van der Waals surface area (Å²) in [4.78, 5) is 24.4. The van der Waals surface area contributed by atoms with Gasteiger partial charge in [-0.3, -0.25) is 9.59 Å². The fourth-order valence-corrected chi connectivity index (χ4v) is 5.15. The summed E-state index contributed by atoms with van der Waals surface area (Å²) in [7, 11) is -2.50. The molecule has 2 N–H and O–H groups in total. The Bertz CT molecular complexity index is 894. The number of rotatable bonds is 6. The Morgan fingerprint density at radius 1 is 1.28 bits per heavy atom. The van der Waals surface area contributed by atoms with Gasteiger partial charge in [0.2, 0.25) is 15.9 Å². The van der Waals surface area contributed by atoms with Gasteiger partial charge in [0.05, 0.1) is 17.1 Å². The number of nitrogens with zero attached hydrogens (tertiary/aromatic N) is 1. The van der Waals surface area contributed by atoms with Crippen LogP contribution < -0.4 is 15.4 Å². The summed E-state index contributed by atoms with van der Waals surface area (Å²) in [5.74, 6) is -0.222. The highest BCUT2D eigenvalue weighted by Crippen LogP contribution is 2.35. The molecule has 1 aliphatic carbocycles. The molecule has 1 aliphatic heterocycles. The number of fused-ring (bicyclic) bond motifs is 1. The molecule has 0 bridgehead atoms. The molecule has 1 heterocycles. The molecular formula is C20H29N3O5S. The lowest BCUT2D eigenvalue weighted by atomic mass is 9.95. The second kappa shape index (κ2) is 8.71. The number of amides is 2. The van der Waals surface area contributed by atoms with Gasteiger partial charge in [-0.05, 0) is 37.8 Å². The van der Waals surface area contributed by atoms with E-state index in [1.165, 1.54) is 19.5 Å². The summed E-state index contributed by atoms with van der Waals surface area (Å²) in [6.07, 6.45) is 5.05. The van der Waals surface area contributed by atoms with E-state index in [9.17, 15) is 18.0 Å². The average molecular weight is 424 g/mol. The minimum absolute atomic E-state index is 0.0650. The summed E-state index contributed by atoms with van der Waals surface area (Å²) in [6.45, 7) is 3.23. The normalized spacial score (nSPS) is 20.0. The van der Waals surface area contributed by atoms with Gasteiger partial charge in [0.25, 0.3) is 5.91 Å². The Morgan fingerprint density at radius 2 is 1.97 bits per heavy atom. The van der Waals surface area contributed by atoms with Crippen LogP contribution in [0.2, 0.25) is 0 Å². The second-order valence-electron chi connectivity index (χ2n) is 7.78. The fourth-order valence-electron chi connectivity index (χ4n) is 3.81. The van der Waals surface area contributed by atoms with Crippen LogP contribution in [-0.4, -0.2) is 50.3 Å². The summed E-state index contributed by atoms with van der Waals surface area (Å²) in [5, 5.41) is 5.69. The highest BCUT2D eigenvalue weighted by atomic mass is 32.2. The van der Waals surface area contributed by atoms with E-state index in [1.54, 1.807) is 13.0 Å². The Morgan fingerprint density at radius 3 is 2.62 bits per heavy atom. The highest BCUT2D eigenvalue weighted by molar-refractivity contribution is 7.89. The minimum Gasteiger partial charge on any atom is -0.478 e. The van der Waals surface area contributed by atoms with Crippen molar-refractivity contribution in [1.82, 2.24) is 9.62 Å². The van der Waals surface area contributed by atoms with Crippen molar-refractivity contribution in [3.8, 4) is 5.75 Å². The molecule has 1 aromatic rings. The largest absolute Gasteiger partial charge is 0.478 e. The zero-order chi connectivity index (χ0) is 21.2. The third-order valence-corrected chi connectivity index (χ3v) is 7.44. The molecule has 0 spiro atoms. The van der Waals surface area contributed by atoms with E-state index in [0.29, 0.717) is 23.4 Å². The highest BCUT2D eigenvalue weighted by Gasteiger charge is 2.31. The van der Waals surface area contributed by atoms with Crippen LogP contribution in [0, 0.1) is 6.92 Å². The van der Waals surface area contributed by atoms with Crippen LogP contribution in [0.4, 0.5) is 5.69 Å². The van der Waals surface area contributed by atoms with Crippen molar-refractivity contribution in [2.45, 2.75) is 69.4 Å². The quantitative estimate of drug-likeness (QED) is 0.730. The minimum atomic E-state index is -3.90. The number of hydrogen-bond donors (Lipinski definition) is 2. The summed E-state index contributed by atoms with van der Waals surface area (Å²) < 4.78 is 32.9. The van der Waals surface area contributed by atoms with E-state index in [4.69, 9.17) is 4.74 Å². The number of anilines is 1. The fraction of sp³-hybridized carbons (Fsp3) is 0.600. The van der Waals surface area contributed by atoms with Crippen molar-refractivity contribution in [3.05, 3.63) is 17.7 Å². The molecule has 0 unspecified atom stereocenters. The standard InChI is InChI=1S/C20H29N3O5S/c1-4-16-20(25)22-15-10-13(2)18(11-17(15)28-16)29(26,27)23(3)12-19(24)21-14-8-6-5-7-9-14/h10-11,14,16H,4-9,12H2,1-3H3,(H,21,24)(H,22,25)/t16-/m1/s1. The van der Waals surface area contributed by atoms with Gasteiger partial charge in [0, 0.05) is 19.2 Å². The molecule has 160 valence electrons. The third-order valence-electron chi connectivity index (χ3n) is 5.49. The summed E-state index contributed by atoms with van der Waals surface area (Å²) in [5.41, 5.74) is 0.927. The Hall–Kier alpha value is -2.13. The molecule has 9 heteroatoms. The maximum Gasteiger partial charge on any atom is 0.265 e. The number of likely N-dealkylation sites (N-methyl/N-ethyl adjacent to an activating group) is 1. The Labute approximate surface area is 172 Å². The number of sulfonamides is 1. The maximum atomic E-state index is 13.1. The van der Waals surface area contributed by atoms with Crippen molar-refractivity contribution in [2.24, 2.45) is 0 Å². The molecule has 3 rings (SSSR count). The van der Waals surface area contributed by atoms with E-state index < -0.39 is 16.1 Å². The molecule has 1 aromatic carbocycles. The molecular weight excluding hydrogens is 394 g/mol. The number of benzene rings is 1. The first-order valence-electron chi connectivity index (χ1n) is 10.1. The van der Waals surface area contributed by atoms with Crippen LogP contribution in [0.1, 0.15) is 51.0 Å². The van der Waals surface area contributed by atoms with E-state index in [0.717, 1.165) is 30.0 Å². The molecule has 1 atom stereocenters.